The van der Waals surface area contributed by atoms with Crippen LogP contribution in [0.3, 0.4) is 0 Å². The van der Waals surface area contributed by atoms with E-state index in [1.54, 1.807) is 0 Å². The molecule has 0 unspecified atom stereocenters. The van der Waals surface area contributed by atoms with Crippen LogP contribution < -0.4 is 0 Å². The monoisotopic (exact) mass is 376 g/mol. The van der Waals surface area contributed by atoms with Gasteiger partial charge in [0.05, 0.1) is 24.7 Å². The number of fused-ring (bicyclic) bond motifs is 3. The number of hydrogen-bond acceptors (Lipinski definition) is 7. The lowest BCUT2D eigenvalue weighted by Crippen LogP contribution is -2.38. The summed E-state index contributed by atoms with van der Waals surface area (Å²) in [6, 6.07) is 0. The summed E-state index contributed by atoms with van der Waals surface area (Å²) in [5, 5.41) is 18.3. The van der Waals surface area contributed by atoms with Gasteiger partial charge in [-0.05, 0) is 12.0 Å². The molecule has 0 aromatic rings. The molecule has 1 heterocycles. The lowest BCUT2D eigenvalue weighted by Gasteiger charge is -2.29. The normalized spacial score (nSPS) is 36.2. The fourth-order valence-corrected chi connectivity index (χ4v) is 4.58. The topological polar surface area (TPSA) is 110 Å². The van der Waals surface area contributed by atoms with Gasteiger partial charge in [-0.2, -0.15) is 0 Å². The van der Waals surface area contributed by atoms with Gasteiger partial charge >= 0.3 is 11.9 Å². The quantitative estimate of drug-likeness (QED) is 0.422. The molecule has 2 saturated carbocycles. The number of aliphatic hydroxyl groups is 2. The number of hydrogen-bond donors (Lipinski definition) is 2. The van der Waals surface area contributed by atoms with Crippen molar-refractivity contribution in [2.24, 2.45) is 23.7 Å². The minimum atomic E-state index is -0.772. The second-order valence-electron chi connectivity index (χ2n) is 7.44. The maximum atomic E-state index is 12.4. The third-order valence-electron chi connectivity index (χ3n) is 6.03. The van der Waals surface area contributed by atoms with Gasteiger partial charge in [-0.3, -0.25) is 4.79 Å². The molecule has 7 nitrogen and oxygen atoms in total. The van der Waals surface area contributed by atoms with E-state index in [0.717, 1.165) is 5.57 Å². The summed E-state index contributed by atoms with van der Waals surface area (Å²) >= 11 is 0. The molecule has 146 valence electrons. The van der Waals surface area contributed by atoms with Crippen LogP contribution in [-0.4, -0.2) is 53.4 Å². The fraction of sp³-hybridized carbons (Fsp3) is 0.550. The second-order valence-corrected chi connectivity index (χ2v) is 7.44. The Morgan fingerprint density at radius 2 is 2.00 bits per heavy atom. The van der Waals surface area contributed by atoms with Crippen molar-refractivity contribution in [1.29, 1.82) is 0 Å². The molecule has 27 heavy (non-hydrogen) atoms. The Labute approximate surface area is 157 Å². The number of rotatable bonds is 4. The molecule has 3 aliphatic rings. The Morgan fingerprint density at radius 3 is 2.63 bits per heavy atom. The zero-order valence-corrected chi connectivity index (χ0v) is 15.2. The first kappa shape index (κ1) is 19.5. The van der Waals surface area contributed by atoms with Crippen LogP contribution in [-0.2, 0) is 23.9 Å². The van der Waals surface area contributed by atoms with Gasteiger partial charge in [-0.15, -0.1) is 0 Å². The lowest BCUT2D eigenvalue weighted by molar-refractivity contribution is -0.150. The van der Waals surface area contributed by atoms with E-state index in [0.29, 0.717) is 6.42 Å². The number of ketones is 1. The standard InChI is InChI=1S/C20H24O7/c1-9-6-15(26-20(25)12(8-22)4-5-21)17-11(3)19(24)27-18(17)16-10(2)14(23)7-13(9)16/h4,10,13,15-18,21-22H,1,3,5-8H2,2H3/b12-4+/t10-,13+,15-,16+,17-,18-/m1/s1. The maximum absolute atomic E-state index is 12.4. The van der Waals surface area contributed by atoms with Gasteiger partial charge in [-0.25, -0.2) is 9.59 Å². The number of esters is 2. The van der Waals surface area contributed by atoms with E-state index < -0.39 is 43.3 Å². The van der Waals surface area contributed by atoms with Crippen LogP contribution in [0.15, 0.2) is 36.0 Å². The highest BCUT2D eigenvalue weighted by atomic mass is 16.6. The molecule has 0 radical (unpaired) electrons. The lowest BCUT2D eigenvalue weighted by atomic mass is 9.79. The third kappa shape index (κ3) is 3.26. The second kappa shape index (κ2) is 7.40. The predicted molar refractivity (Wildman–Crippen MR) is 94.2 cm³/mol. The molecule has 0 amide bonds. The number of aliphatic hydroxyl groups excluding tert-OH is 2. The van der Waals surface area contributed by atoms with Crippen LogP contribution in [0.25, 0.3) is 0 Å². The molecule has 6 atom stereocenters. The van der Waals surface area contributed by atoms with E-state index in [4.69, 9.17) is 14.6 Å². The summed E-state index contributed by atoms with van der Waals surface area (Å²) in [6.45, 7) is 8.76. The summed E-state index contributed by atoms with van der Waals surface area (Å²) in [6.07, 6.45) is 0.446. The van der Waals surface area contributed by atoms with Crippen molar-refractivity contribution in [1.82, 2.24) is 0 Å². The SMILES string of the molecule is C=C1C(=O)O[C@H]2[C@H]1[C@H](OC(=O)/C(=C/CO)CO)CC(=C)[C@@H]1CC(=O)[C@@H](C)[C@H]21. The molecule has 1 saturated heterocycles. The van der Waals surface area contributed by atoms with Crippen molar-refractivity contribution in [2.45, 2.75) is 32.0 Å². The molecule has 1 aliphatic heterocycles. The van der Waals surface area contributed by atoms with Crippen LogP contribution in [0, 0.1) is 23.7 Å². The van der Waals surface area contributed by atoms with E-state index in [2.05, 4.69) is 13.2 Å². The van der Waals surface area contributed by atoms with Gasteiger partial charge in [0.25, 0.3) is 0 Å². The minimum absolute atomic E-state index is 0.0662. The molecular formula is C20H24O7. The van der Waals surface area contributed by atoms with Crippen LogP contribution in [0.4, 0.5) is 0 Å². The number of carbonyl (C=O) groups is 3. The smallest absolute Gasteiger partial charge is 0.336 e. The molecule has 7 heteroatoms. The minimum Gasteiger partial charge on any atom is -0.458 e. The van der Waals surface area contributed by atoms with Gasteiger partial charge < -0.3 is 19.7 Å². The van der Waals surface area contributed by atoms with E-state index in [1.807, 2.05) is 6.92 Å². The van der Waals surface area contributed by atoms with Gasteiger partial charge in [-0.1, -0.05) is 25.7 Å². The molecule has 0 aromatic carbocycles. The van der Waals surface area contributed by atoms with Crippen LogP contribution in [0.5, 0.6) is 0 Å². The molecule has 2 aliphatic carbocycles. The average Bonchev–Trinajstić information content (AvgIpc) is 3.04. The van der Waals surface area contributed by atoms with E-state index in [9.17, 15) is 19.5 Å². The Morgan fingerprint density at radius 1 is 1.30 bits per heavy atom. The van der Waals surface area contributed by atoms with Gasteiger partial charge in [0, 0.05) is 30.3 Å². The summed E-state index contributed by atoms with van der Waals surface area (Å²) in [4.78, 5) is 36.8. The maximum Gasteiger partial charge on any atom is 0.336 e. The molecular weight excluding hydrogens is 352 g/mol. The largest absolute Gasteiger partial charge is 0.458 e. The summed E-state index contributed by atoms with van der Waals surface area (Å²) < 4.78 is 11.1. The summed E-state index contributed by atoms with van der Waals surface area (Å²) in [5.41, 5.74) is 0.934. The van der Waals surface area contributed by atoms with Crippen molar-refractivity contribution in [3.05, 3.63) is 36.0 Å². The van der Waals surface area contributed by atoms with Crippen molar-refractivity contribution in [3.63, 3.8) is 0 Å². The third-order valence-corrected chi connectivity index (χ3v) is 6.03. The molecule has 0 spiro atoms. The first-order chi connectivity index (χ1) is 12.8. The fourth-order valence-electron chi connectivity index (χ4n) is 4.58. The Balaban J connectivity index is 1.94. The molecule has 0 bridgehead atoms. The summed E-state index contributed by atoms with van der Waals surface area (Å²) in [7, 11) is 0. The molecule has 3 fully saturated rings. The van der Waals surface area contributed by atoms with Gasteiger partial charge in [0.15, 0.2) is 0 Å². The zero-order chi connectivity index (χ0) is 19.9. The first-order valence-corrected chi connectivity index (χ1v) is 9.02. The Bertz CT molecular complexity index is 735. The van der Waals surface area contributed by atoms with Crippen LogP contribution >= 0.6 is 0 Å². The van der Waals surface area contributed by atoms with Gasteiger partial charge in [0.2, 0.25) is 0 Å². The van der Waals surface area contributed by atoms with E-state index in [-0.39, 0.29) is 41.1 Å². The van der Waals surface area contributed by atoms with Crippen molar-refractivity contribution in [2.75, 3.05) is 13.2 Å². The molecule has 0 aromatic heterocycles. The van der Waals surface area contributed by atoms with Crippen LogP contribution in [0.1, 0.15) is 19.8 Å². The van der Waals surface area contributed by atoms with E-state index in [1.165, 1.54) is 6.08 Å². The Hall–Kier alpha value is -2.25. The highest BCUT2D eigenvalue weighted by molar-refractivity contribution is 5.92. The number of ether oxygens (including phenoxy) is 2. The molecule has 2 N–H and O–H groups in total. The first-order valence-electron chi connectivity index (χ1n) is 9.02. The van der Waals surface area contributed by atoms with E-state index >= 15 is 0 Å². The molecule has 3 rings (SSSR count). The highest BCUT2D eigenvalue weighted by Gasteiger charge is 2.57. The average molecular weight is 376 g/mol. The predicted octanol–water partition coefficient (Wildman–Crippen LogP) is 0.708. The van der Waals surface area contributed by atoms with Crippen molar-refractivity contribution < 1.29 is 34.1 Å². The van der Waals surface area contributed by atoms with Gasteiger partial charge in [0.1, 0.15) is 18.0 Å². The van der Waals surface area contributed by atoms with Crippen molar-refractivity contribution >= 4 is 17.7 Å². The number of carbonyl (C=O) groups excluding carboxylic acids is 3. The number of Topliss-reactive ketones (excluding diaryl/α,β-unsaturated/α-hetero) is 1. The van der Waals surface area contributed by atoms with Crippen LogP contribution in [0.2, 0.25) is 0 Å². The Kier molecular flexibility index (Phi) is 5.35. The van der Waals surface area contributed by atoms with Crippen molar-refractivity contribution in [3.8, 4) is 0 Å². The highest BCUT2D eigenvalue weighted by Crippen LogP contribution is 2.52. The summed E-state index contributed by atoms with van der Waals surface area (Å²) in [5.74, 6) is -2.41. The zero-order valence-electron chi connectivity index (χ0n) is 15.2.